The van der Waals surface area contributed by atoms with Gasteiger partial charge in [0.25, 0.3) is 0 Å². The van der Waals surface area contributed by atoms with Crippen molar-refractivity contribution in [1.82, 2.24) is 9.78 Å². The number of rotatable bonds is 2. The van der Waals surface area contributed by atoms with E-state index in [4.69, 9.17) is 11.6 Å². The summed E-state index contributed by atoms with van der Waals surface area (Å²) in [5.74, 6) is 0. The molecule has 0 saturated carbocycles. The summed E-state index contributed by atoms with van der Waals surface area (Å²) in [6, 6.07) is 3.89. The van der Waals surface area contributed by atoms with Crippen molar-refractivity contribution >= 4 is 11.6 Å². The van der Waals surface area contributed by atoms with Crippen LogP contribution in [0.15, 0.2) is 18.2 Å². The van der Waals surface area contributed by atoms with Gasteiger partial charge in [-0.3, -0.25) is 4.68 Å². The third kappa shape index (κ3) is 3.31. The fourth-order valence-corrected chi connectivity index (χ4v) is 2.56. The highest BCUT2D eigenvalue weighted by Gasteiger charge is 2.49. The maximum absolute atomic E-state index is 13.2. The normalized spacial score (nSPS) is 12.7. The van der Waals surface area contributed by atoms with Crippen LogP contribution in [-0.4, -0.2) is 9.78 Å². The number of nitrogens with zero attached hydrogens (tertiary/aromatic N) is 2. The van der Waals surface area contributed by atoms with Crippen molar-refractivity contribution in [2.24, 2.45) is 7.05 Å². The Balaban J connectivity index is 2.78. The van der Waals surface area contributed by atoms with Crippen molar-refractivity contribution in [3.05, 3.63) is 40.0 Å². The minimum atomic E-state index is -5.19. The number of alkyl halides is 6. The first-order valence-corrected chi connectivity index (χ1v) is 6.84. The van der Waals surface area contributed by atoms with Crippen LogP contribution in [0.2, 0.25) is 5.02 Å². The minimum Gasteiger partial charge on any atom is -0.262 e. The van der Waals surface area contributed by atoms with Crippen molar-refractivity contribution in [3.8, 4) is 11.3 Å². The van der Waals surface area contributed by atoms with E-state index in [1.165, 1.54) is 18.2 Å². The highest BCUT2D eigenvalue weighted by atomic mass is 35.5. The van der Waals surface area contributed by atoms with E-state index in [0.717, 1.165) is 7.05 Å². The van der Waals surface area contributed by atoms with Crippen molar-refractivity contribution in [1.29, 1.82) is 0 Å². The fourth-order valence-electron chi connectivity index (χ4n) is 2.31. The second-order valence-electron chi connectivity index (χ2n) is 4.85. The molecule has 126 valence electrons. The van der Waals surface area contributed by atoms with Crippen molar-refractivity contribution in [2.75, 3.05) is 0 Å². The zero-order valence-electron chi connectivity index (χ0n) is 12.0. The van der Waals surface area contributed by atoms with E-state index in [0.29, 0.717) is 17.0 Å². The van der Waals surface area contributed by atoms with Gasteiger partial charge in [-0.15, -0.1) is 0 Å². The molecule has 0 spiro atoms. The quantitative estimate of drug-likeness (QED) is 0.664. The molecule has 0 amide bonds. The monoisotopic (exact) mass is 356 g/mol. The van der Waals surface area contributed by atoms with Crippen LogP contribution in [-0.2, 0) is 25.8 Å². The third-order valence-corrected chi connectivity index (χ3v) is 3.67. The third-order valence-electron chi connectivity index (χ3n) is 3.30. The Morgan fingerprint density at radius 2 is 1.70 bits per heavy atom. The second-order valence-corrected chi connectivity index (χ2v) is 5.26. The molecular formula is C14H11ClF6N2. The molecule has 9 heteroatoms. The summed E-state index contributed by atoms with van der Waals surface area (Å²) in [6.07, 6.45) is -9.95. The molecule has 0 radical (unpaired) electrons. The smallest absolute Gasteiger partial charge is 0.262 e. The van der Waals surface area contributed by atoms with E-state index >= 15 is 0 Å². The summed E-state index contributed by atoms with van der Waals surface area (Å²) in [6.45, 7) is 1.73. The van der Waals surface area contributed by atoms with Gasteiger partial charge in [0.15, 0.2) is 5.69 Å². The first kappa shape index (κ1) is 17.7. The minimum absolute atomic E-state index is 0.0651. The van der Waals surface area contributed by atoms with Gasteiger partial charge >= 0.3 is 12.4 Å². The lowest BCUT2D eigenvalue weighted by atomic mass is 10.0. The predicted molar refractivity (Wildman–Crippen MR) is 73.0 cm³/mol. The summed E-state index contributed by atoms with van der Waals surface area (Å²) in [5, 5.41) is 3.78. The van der Waals surface area contributed by atoms with E-state index in [1.54, 1.807) is 6.92 Å². The molecule has 0 N–H and O–H groups in total. The number of aromatic nitrogens is 2. The number of aryl methyl sites for hydroxylation is 2. The lowest BCUT2D eigenvalue weighted by Crippen LogP contribution is -2.18. The van der Waals surface area contributed by atoms with Gasteiger partial charge in [-0.1, -0.05) is 24.6 Å². The van der Waals surface area contributed by atoms with Crippen molar-refractivity contribution in [3.63, 3.8) is 0 Å². The first-order chi connectivity index (χ1) is 10.5. The zero-order valence-corrected chi connectivity index (χ0v) is 12.7. The van der Waals surface area contributed by atoms with Gasteiger partial charge in [-0.25, -0.2) is 0 Å². The largest absolute Gasteiger partial charge is 0.433 e. The van der Waals surface area contributed by atoms with Gasteiger partial charge in [0.1, 0.15) is 11.3 Å². The summed E-state index contributed by atoms with van der Waals surface area (Å²) in [4.78, 5) is 0. The Kier molecular flexibility index (Phi) is 4.40. The maximum atomic E-state index is 13.2. The van der Waals surface area contributed by atoms with Crippen LogP contribution in [0.1, 0.15) is 23.7 Å². The number of hydrogen-bond donors (Lipinski definition) is 0. The van der Waals surface area contributed by atoms with Gasteiger partial charge in [-0.2, -0.15) is 31.4 Å². The Bertz CT molecular complexity index is 730. The van der Waals surface area contributed by atoms with Gasteiger partial charge < -0.3 is 0 Å². The highest BCUT2D eigenvalue weighted by molar-refractivity contribution is 6.31. The van der Waals surface area contributed by atoms with Crippen LogP contribution < -0.4 is 0 Å². The molecule has 1 heterocycles. The van der Waals surface area contributed by atoms with Crippen LogP contribution in [0.4, 0.5) is 26.3 Å². The molecule has 23 heavy (non-hydrogen) atoms. The Morgan fingerprint density at radius 1 is 1.09 bits per heavy atom. The maximum Gasteiger partial charge on any atom is 0.433 e. The summed E-state index contributed by atoms with van der Waals surface area (Å²) < 4.78 is 78.9. The van der Waals surface area contributed by atoms with E-state index in [1.807, 2.05) is 0 Å². The average Bonchev–Trinajstić information content (AvgIpc) is 2.76. The number of benzene rings is 1. The van der Waals surface area contributed by atoms with Crippen LogP contribution >= 0.6 is 11.6 Å². The molecule has 0 aliphatic carbocycles. The topological polar surface area (TPSA) is 17.8 Å². The number of hydrogen-bond acceptors (Lipinski definition) is 1. The molecule has 0 unspecified atom stereocenters. The lowest BCUT2D eigenvalue weighted by Gasteiger charge is -2.13. The molecule has 0 atom stereocenters. The van der Waals surface area contributed by atoms with Crippen LogP contribution in [0.3, 0.4) is 0 Å². The Labute approximate surface area is 132 Å². The van der Waals surface area contributed by atoms with E-state index in [9.17, 15) is 26.3 Å². The van der Waals surface area contributed by atoms with E-state index < -0.39 is 29.3 Å². The molecule has 2 rings (SSSR count). The zero-order chi connectivity index (χ0) is 17.6. The molecule has 0 saturated heterocycles. The van der Waals surface area contributed by atoms with Crippen molar-refractivity contribution in [2.45, 2.75) is 25.7 Å². The van der Waals surface area contributed by atoms with Crippen LogP contribution in [0.25, 0.3) is 11.3 Å². The molecule has 1 aromatic carbocycles. The predicted octanol–water partition coefficient (Wildman–Crippen LogP) is 5.34. The molecule has 0 aliphatic heterocycles. The molecule has 1 aromatic heterocycles. The van der Waals surface area contributed by atoms with E-state index in [-0.39, 0.29) is 10.2 Å². The second kappa shape index (κ2) is 5.74. The molecule has 2 nitrogen and oxygen atoms in total. The Hall–Kier alpha value is -1.70. The molecular weight excluding hydrogens is 346 g/mol. The molecule has 2 aromatic rings. The van der Waals surface area contributed by atoms with Gasteiger partial charge in [-0.05, 0) is 24.1 Å². The van der Waals surface area contributed by atoms with Crippen molar-refractivity contribution < 1.29 is 26.3 Å². The summed E-state index contributed by atoms with van der Waals surface area (Å²) in [7, 11) is 0.832. The summed E-state index contributed by atoms with van der Waals surface area (Å²) in [5.41, 5.74) is -3.93. The SMILES string of the molecule is CCc1cc(-c2nn(C)c(C(F)(F)F)c2C(F)(F)F)ccc1Cl. The van der Waals surface area contributed by atoms with E-state index in [2.05, 4.69) is 5.10 Å². The molecule has 0 aliphatic rings. The first-order valence-electron chi connectivity index (χ1n) is 6.47. The van der Waals surface area contributed by atoms with Crippen LogP contribution in [0, 0.1) is 0 Å². The van der Waals surface area contributed by atoms with Gasteiger partial charge in [0.2, 0.25) is 0 Å². The molecule has 0 bridgehead atoms. The van der Waals surface area contributed by atoms with Gasteiger partial charge in [0.05, 0.1) is 0 Å². The fraction of sp³-hybridized carbons (Fsp3) is 0.357. The van der Waals surface area contributed by atoms with Gasteiger partial charge in [0, 0.05) is 17.6 Å². The average molecular weight is 357 g/mol. The lowest BCUT2D eigenvalue weighted by molar-refractivity contribution is -0.165. The van der Waals surface area contributed by atoms with Crippen LogP contribution in [0.5, 0.6) is 0 Å². The molecule has 0 fully saturated rings. The number of halogens is 7. The highest BCUT2D eigenvalue weighted by Crippen LogP contribution is 2.45. The Morgan fingerprint density at radius 3 is 2.17 bits per heavy atom. The standard InChI is InChI=1S/C14H11ClF6N2/c1-3-7-6-8(4-5-9(7)15)11-10(13(16,17)18)12(14(19,20)21)23(2)22-11/h4-6H,3H2,1-2H3. The summed E-state index contributed by atoms with van der Waals surface area (Å²) >= 11 is 5.89.